The van der Waals surface area contributed by atoms with Crippen LogP contribution in [0.15, 0.2) is 234 Å². The molecule has 0 radical (unpaired) electrons. The number of anilines is 2. The topological polar surface area (TPSA) is 8.17 Å². The van der Waals surface area contributed by atoms with Crippen molar-refractivity contribution in [2.45, 2.75) is 50.9 Å². The molecule has 1 spiro atoms. The van der Waals surface area contributed by atoms with Crippen molar-refractivity contribution in [1.82, 2.24) is 4.57 Å². The number of benzene rings is 6. The van der Waals surface area contributed by atoms with E-state index in [1.165, 1.54) is 89.1 Å². The van der Waals surface area contributed by atoms with Crippen LogP contribution < -0.4 is 4.90 Å². The molecule has 0 bridgehead atoms. The molecule has 2 nitrogen and oxygen atoms in total. The lowest BCUT2D eigenvalue weighted by Gasteiger charge is -2.43. The van der Waals surface area contributed by atoms with E-state index in [9.17, 15) is 0 Å². The first-order chi connectivity index (χ1) is 32.1. The molecule has 0 N–H and O–H groups in total. The third kappa shape index (κ3) is 5.79. The number of hydrogen-bond donors (Lipinski definition) is 0. The number of allylic oxidation sites excluding steroid dienone is 16. The highest BCUT2D eigenvalue weighted by atomic mass is 15.1. The maximum absolute atomic E-state index is 2.57. The van der Waals surface area contributed by atoms with Gasteiger partial charge in [-0.05, 0) is 154 Å². The second kappa shape index (κ2) is 15.0. The minimum Gasteiger partial charge on any atom is -0.314 e. The van der Waals surface area contributed by atoms with Gasteiger partial charge in [0.15, 0.2) is 0 Å². The summed E-state index contributed by atoms with van der Waals surface area (Å²) in [4.78, 5) is 2.57. The van der Waals surface area contributed by atoms with Crippen molar-refractivity contribution in [1.29, 1.82) is 0 Å². The molecule has 1 heterocycles. The fourth-order valence-electron chi connectivity index (χ4n) is 12.8. The molecule has 0 aliphatic heterocycles. The second-order valence-corrected chi connectivity index (χ2v) is 19.2. The van der Waals surface area contributed by atoms with Gasteiger partial charge in [-0.15, -0.1) is 0 Å². The molecule has 2 heteroatoms. The molecule has 0 fully saturated rings. The lowest BCUT2D eigenvalue weighted by atomic mass is 9.61. The average molecular weight is 837 g/mol. The van der Waals surface area contributed by atoms with E-state index in [0.29, 0.717) is 23.7 Å². The Bertz CT molecular complexity index is 3340. The van der Waals surface area contributed by atoms with Crippen molar-refractivity contribution in [3.05, 3.63) is 251 Å². The van der Waals surface area contributed by atoms with Gasteiger partial charge >= 0.3 is 0 Å². The third-order valence-corrected chi connectivity index (χ3v) is 15.7. The number of nitrogens with zero attached hydrogens (tertiary/aromatic N) is 2. The molecular weight excluding hydrogens is 785 g/mol. The van der Waals surface area contributed by atoms with Crippen LogP contribution in [0.3, 0.4) is 0 Å². The van der Waals surface area contributed by atoms with E-state index in [2.05, 4.69) is 230 Å². The first kappa shape index (κ1) is 38.3. The van der Waals surface area contributed by atoms with Crippen LogP contribution in [-0.4, -0.2) is 4.57 Å². The molecule has 65 heavy (non-hydrogen) atoms. The highest BCUT2D eigenvalue weighted by Gasteiger charge is 2.58. The molecule has 6 aromatic carbocycles. The first-order valence-corrected chi connectivity index (χ1v) is 23.8. The average Bonchev–Trinajstić information content (AvgIpc) is 3.96. The minimum atomic E-state index is -0.130. The summed E-state index contributed by atoms with van der Waals surface area (Å²) >= 11 is 0. The summed E-state index contributed by atoms with van der Waals surface area (Å²) in [6, 6.07) is 54.8. The summed E-state index contributed by atoms with van der Waals surface area (Å²) in [5.41, 5.74) is 21.8. The van der Waals surface area contributed by atoms with Gasteiger partial charge in [-0.2, -0.15) is 0 Å². The zero-order valence-corrected chi connectivity index (χ0v) is 37.2. The summed E-state index contributed by atoms with van der Waals surface area (Å²) in [5.74, 6) is 1.67. The molecule has 5 unspecified atom stereocenters. The van der Waals surface area contributed by atoms with E-state index in [-0.39, 0.29) is 5.41 Å². The lowest BCUT2D eigenvalue weighted by Crippen LogP contribution is -2.38. The highest BCUT2D eigenvalue weighted by Crippen LogP contribution is 2.67. The van der Waals surface area contributed by atoms with Gasteiger partial charge in [-0.1, -0.05) is 160 Å². The van der Waals surface area contributed by atoms with Crippen molar-refractivity contribution in [3.8, 4) is 16.8 Å². The number of para-hydroxylation sites is 2. The monoisotopic (exact) mass is 836 g/mol. The van der Waals surface area contributed by atoms with Crippen LogP contribution in [0.25, 0.3) is 44.2 Å². The van der Waals surface area contributed by atoms with Crippen LogP contribution in [0.4, 0.5) is 11.4 Å². The van der Waals surface area contributed by atoms with Gasteiger partial charge in [0.1, 0.15) is 0 Å². The number of aromatic nitrogens is 1. The van der Waals surface area contributed by atoms with Gasteiger partial charge in [0.2, 0.25) is 0 Å². The number of hydrogen-bond acceptors (Lipinski definition) is 1. The highest BCUT2D eigenvalue weighted by molar-refractivity contribution is 6.10. The van der Waals surface area contributed by atoms with E-state index in [1.807, 2.05) is 0 Å². The smallest absolute Gasteiger partial charge is 0.0541 e. The van der Waals surface area contributed by atoms with Crippen LogP contribution in [0.2, 0.25) is 0 Å². The van der Waals surface area contributed by atoms with E-state index >= 15 is 0 Å². The van der Waals surface area contributed by atoms with E-state index < -0.39 is 0 Å². The van der Waals surface area contributed by atoms with E-state index in [1.54, 1.807) is 11.1 Å². The summed E-state index contributed by atoms with van der Waals surface area (Å²) in [5, 5.41) is 2.54. The lowest BCUT2D eigenvalue weighted by molar-refractivity contribution is 0.409. The summed E-state index contributed by atoms with van der Waals surface area (Å²) in [6.45, 7) is 4.73. The Morgan fingerprint density at radius 2 is 1.34 bits per heavy atom. The van der Waals surface area contributed by atoms with Crippen LogP contribution in [0.5, 0.6) is 0 Å². The summed E-state index contributed by atoms with van der Waals surface area (Å²) < 4.78 is 2.39. The van der Waals surface area contributed by atoms with E-state index in [4.69, 9.17) is 0 Å². The quantitative estimate of drug-likeness (QED) is 0.162. The van der Waals surface area contributed by atoms with Gasteiger partial charge in [0.05, 0.1) is 11.0 Å². The Labute approximate surface area is 383 Å². The number of rotatable bonds is 6. The van der Waals surface area contributed by atoms with Gasteiger partial charge in [-0.3, -0.25) is 0 Å². The predicted octanol–water partition coefficient (Wildman–Crippen LogP) is 16.2. The SMILES string of the molecule is CC1C=CC2=C(C1)C1(C3=C(C=CCC3)C3=CC=C(N(c4ccc(-c5ccc6c(c5)c5ccccc5n6-c5ccccc5)cc4)c4ccc(C5C=CC=CC5C)cc4)CC31)c1ccccc12. The number of fused-ring (bicyclic) bond motifs is 11. The Morgan fingerprint density at radius 3 is 2.18 bits per heavy atom. The van der Waals surface area contributed by atoms with Crippen LogP contribution in [0.1, 0.15) is 62.1 Å². The van der Waals surface area contributed by atoms with Crippen LogP contribution in [0, 0.1) is 17.8 Å². The zero-order valence-electron chi connectivity index (χ0n) is 37.2. The van der Waals surface area contributed by atoms with E-state index in [0.717, 1.165) is 25.7 Å². The predicted molar refractivity (Wildman–Crippen MR) is 273 cm³/mol. The fraction of sp³-hybridized carbons (Fsp3) is 0.175. The zero-order chi connectivity index (χ0) is 43.2. The van der Waals surface area contributed by atoms with Crippen molar-refractivity contribution in [2.24, 2.45) is 17.8 Å². The molecule has 314 valence electrons. The maximum Gasteiger partial charge on any atom is 0.0541 e. The maximum atomic E-state index is 2.57. The molecule has 6 aliphatic rings. The van der Waals surface area contributed by atoms with Crippen molar-refractivity contribution >= 4 is 38.8 Å². The van der Waals surface area contributed by atoms with Crippen molar-refractivity contribution in [3.63, 3.8) is 0 Å². The largest absolute Gasteiger partial charge is 0.314 e. The van der Waals surface area contributed by atoms with Crippen LogP contribution in [-0.2, 0) is 5.41 Å². The van der Waals surface area contributed by atoms with Crippen LogP contribution >= 0.6 is 0 Å². The fourth-order valence-corrected chi connectivity index (χ4v) is 12.8. The molecule has 1 aromatic heterocycles. The molecule has 0 saturated heterocycles. The molecule has 13 rings (SSSR count). The minimum absolute atomic E-state index is 0.130. The van der Waals surface area contributed by atoms with Crippen molar-refractivity contribution in [2.75, 3.05) is 4.90 Å². The van der Waals surface area contributed by atoms with Gasteiger partial charge in [0, 0.05) is 50.8 Å². The Hall–Kier alpha value is -7.16. The summed E-state index contributed by atoms with van der Waals surface area (Å²) in [6.07, 6.45) is 28.1. The normalized spacial score (nSPS) is 23.8. The Balaban J connectivity index is 0.927. The molecular formula is C63H52N2. The Morgan fingerprint density at radius 1 is 0.600 bits per heavy atom. The van der Waals surface area contributed by atoms with Gasteiger partial charge in [0.25, 0.3) is 0 Å². The Kier molecular flexibility index (Phi) is 8.82. The standard InChI is InChI=1S/C63H52N2/c1-41-24-35-53-51-18-8-11-21-57(51)63(59(53)38-41)58-22-12-9-19-52(58)54-36-34-49(40-60(54)63)64(48-32-27-44(28-33-48)50-17-7-6-14-42(50)2)47-30-25-43(26-31-47)45-29-37-62-56(39-45)55-20-10-13-23-61(55)65(62)46-15-4-3-5-16-46/h3-11,13-21,23-37,39,41-42,50,60H,12,22,38,40H2,1-2H3. The second-order valence-electron chi connectivity index (χ2n) is 19.2. The molecule has 7 aromatic rings. The van der Waals surface area contributed by atoms with Gasteiger partial charge in [-0.25, -0.2) is 0 Å². The molecule has 6 aliphatic carbocycles. The van der Waals surface area contributed by atoms with Crippen molar-refractivity contribution < 1.29 is 0 Å². The molecule has 5 atom stereocenters. The third-order valence-electron chi connectivity index (χ3n) is 15.7. The first-order valence-electron chi connectivity index (χ1n) is 23.8. The van der Waals surface area contributed by atoms with Gasteiger partial charge < -0.3 is 9.47 Å². The summed E-state index contributed by atoms with van der Waals surface area (Å²) in [7, 11) is 0. The molecule has 0 amide bonds. The molecule has 0 saturated carbocycles.